The van der Waals surface area contributed by atoms with Gasteiger partial charge in [-0.15, -0.1) is 11.3 Å². The van der Waals surface area contributed by atoms with Crippen LogP contribution in [0.3, 0.4) is 0 Å². The summed E-state index contributed by atoms with van der Waals surface area (Å²) in [6.07, 6.45) is 0. The molecule has 2 heterocycles. The van der Waals surface area contributed by atoms with Crippen LogP contribution in [0.1, 0.15) is 29.2 Å². The summed E-state index contributed by atoms with van der Waals surface area (Å²) < 4.78 is 0. The van der Waals surface area contributed by atoms with Gasteiger partial charge in [-0.05, 0) is 32.9 Å². The van der Waals surface area contributed by atoms with Crippen LogP contribution in [0.15, 0.2) is 12.1 Å². The molecular formula is C14H19N3O2S. The third kappa shape index (κ3) is 2.91. The van der Waals surface area contributed by atoms with Crippen LogP contribution in [0.2, 0.25) is 0 Å². The van der Waals surface area contributed by atoms with Crippen molar-refractivity contribution in [2.24, 2.45) is 0 Å². The number of aromatic nitrogens is 1. The molecule has 2 aromatic rings. The third-order valence-electron chi connectivity index (χ3n) is 2.90. The number of aryl methyl sites for hydroxylation is 1. The van der Waals surface area contributed by atoms with E-state index in [9.17, 15) is 9.90 Å². The standard InChI is InChI=1S/C14H19N3O2S/c1-8-5-6-9-10(15)11(20-12(9)16-8)13(18)17(4)7-14(2,3)19/h5-6,19H,7,15H2,1-4H3. The Labute approximate surface area is 122 Å². The second-order valence-electron chi connectivity index (χ2n) is 5.62. The van der Waals surface area contributed by atoms with Crippen LogP contribution in [0.25, 0.3) is 10.2 Å². The molecule has 2 aromatic heterocycles. The van der Waals surface area contributed by atoms with Gasteiger partial charge in [0.05, 0.1) is 11.3 Å². The van der Waals surface area contributed by atoms with Gasteiger partial charge < -0.3 is 15.7 Å². The lowest BCUT2D eigenvalue weighted by Gasteiger charge is -2.25. The van der Waals surface area contributed by atoms with Crippen molar-refractivity contribution < 1.29 is 9.90 Å². The second kappa shape index (κ2) is 5.03. The van der Waals surface area contributed by atoms with Gasteiger partial charge in [0, 0.05) is 24.7 Å². The van der Waals surface area contributed by atoms with Gasteiger partial charge in [0.15, 0.2) is 0 Å². The van der Waals surface area contributed by atoms with E-state index >= 15 is 0 Å². The Balaban J connectivity index is 2.37. The van der Waals surface area contributed by atoms with E-state index in [2.05, 4.69) is 4.98 Å². The average molecular weight is 293 g/mol. The zero-order chi connectivity index (χ0) is 15.1. The SMILES string of the molecule is Cc1ccc2c(N)c(C(=O)N(C)CC(C)(C)O)sc2n1. The molecule has 0 fully saturated rings. The molecule has 0 radical (unpaired) electrons. The molecule has 0 aliphatic heterocycles. The maximum absolute atomic E-state index is 12.4. The topological polar surface area (TPSA) is 79.5 Å². The van der Waals surface area contributed by atoms with Crippen molar-refractivity contribution >= 4 is 33.1 Å². The fraction of sp³-hybridized carbons (Fsp3) is 0.429. The number of hydrogen-bond acceptors (Lipinski definition) is 5. The van der Waals surface area contributed by atoms with Crippen LogP contribution < -0.4 is 5.73 Å². The highest BCUT2D eigenvalue weighted by Crippen LogP contribution is 2.33. The number of likely N-dealkylation sites (N-methyl/N-ethyl adjacent to an activating group) is 1. The highest BCUT2D eigenvalue weighted by molar-refractivity contribution is 7.21. The Hall–Kier alpha value is -1.66. The minimum atomic E-state index is -0.940. The first-order valence-corrected chi connectivity index (χ1v) is 7.14. The molecule has 3 N–H and O–H groups in total. The van der Waals surface area contributed by atoms with Gasteiger partial charge in [-0.25, -0.2) is 4.98 Å². The first-order valence-electron chi connectivity index (χ1n) is 6.32. The Bertz CT molecular complexity index is 658. The number of hydrogen-bond donors (Lipinski definition) is 2. The zero-order valence-corrected chi connectivity index (χ0v) is 12.9. The first-order chi connectivity index (χ1) is 9.19. The van der Waals surface area contributed by atoms with E-state index in [1.54, 1.807) is 20.9 Å². The van der Waals surface area contributed by atoms with E-state index in [0.29, 0.717) is 10.6 Å². The van der Waals surface area contributed by atoms with Gasteiger partial charge in [0.25, 0.3) is 5.91 Å². The maximum Gasteiger partial charge on any atom is 0.265 e. The van der Waals surface area contributed by atoms with E-state index in [4.69, 9.17) is 5.73 Å². The van der Waals surface area contributed by atoms with Crippen LogP contribution in [0.4, 0.5) is 5.69 Å². The number of pyridine rings is 1. The van der Waals surface area contributed by atoms with E-state index in [1.165, 1.54) is 16.2 Å². The van der Waals surface area contributed by atoms with Crippen molar-refractivity contribution in [3.63, 3.8) is 0 Å². The highest BCUT2D eigenvalue weighted by Gasteiger charge is 2.24. The second-order valence-corrected chi connectivity index (χ2v) is 6.62. The maximum atomic E-state index is 12.4. The first kappa shape index (κ1) is 14.7. The normalized spacial score (nSPS) is 11.8. The van der Waals surface area contributed by atoms with Crippen LogP contribution in [0, 0.1) is 6.92 Å². The quantitative estimate of drug-likeness (QED) is 0.907. The summed E-state index contributed by atoms with van der Waals surface area (Å²) in [5.41, 5.74) is 6.47. The van der Waals surface area contributed by atoms with Gasteiger partial charge in [0.2, 0.25) is 0 Å². The van der Waals surface area contributed by atoms with Crippen LogP contribution in [-0.2, 0) is 0 Å². The van der Waals surface area contributed by atoms with Gasteiger partial charge >= 0.3 is 0 Å². The molecule has 2 rings (SSSR count). The summed E-state index contributed by atoms with van der Waals surface area (Å²) in [6.45, 7) is 5.47. The molecule has 0 bridgehead atoms. The van der Waals surface area contributed by atoms with Crippen LogP contribution in [0.5, 0.6) is 0 Å². The minimum Gasteiger partial charge on any atom is -0.397 e. The number of amides is 1. The monoisotopic (exact) mass is 293 g/mol. The fourth-order valence-corrected chi connectivity index (χ4v) is 3.21. The van der Waals surface area contributed by atoms with Gasteiger partial charge in [0.1, 0.15) is 9.71 Å². The predicted molar refractivity (Wildman–Crippen MR) is 82.0 cm³/mol. The number of thiophene rings is 1. The molecule has 1 amide bonds. The Morgan fingerprint density at radius 3 is 2.75 bits per heavy atom. The molecule has 0 saturated carbocycles. The van der Waals surface area contributed by atoms with Gasteiger partial charge in [-0.1, -0.05) is 0 Å². The van der Waals surface area contributed by atoms with E-state index < -0.39 is 5.60 Å². The number of nitrogens with zero attached hydrogens (tertiary/aromatic N) is 2. The zero-order valence-electron chi connectivity index (χ0n) is 12.1. The van der Waals surface area contributed by atoms with E-state index in [1.807, 2.05) is 19.1 Å². The molecule has 0 spiro atoms. The average Bonchev–Trinajstić information content (AvgIpc) is 2.63. The minimum absolute atomic E-state index is 0.190. The smallest absolute Gasteiger partial charge is 0.265 e. The Kier molecular flexibility index (Phi) is 3.71. The van der Waals surface area contributed by atoms with Gasteiger partial charge in [-0.3, -0.25) is 4.79 Å². The number of carbonyl (C=O) groups is 1. The molecule has 0 aliphatic rings. The van der Waals surface area contributed by atoms with E-state index in [-0.39, 0.29) is 12.5 Å². The molecule has 20 heavy (non-hydrogen) atoms. The Morgan fingerprint density at radius 2 is 2.15 bits per heavy atom. The molecule has 0 aromatic carbocycles. The number of nitrogen functional groups attached to an aromatic ring is 1. The molecular weight excluding hydrogens is 274 g/mol. The summed E-state index contributed by atoms with van der Waals surface area (Å²) in [5.74, 6) is -0.190. The van der Waals surface area contributed by atoms with Crippen molar-refractivity contribution in [1.29, 1.82) is 0 Å². The lowest BCUT2D eigenvalue weighted by molar-refractivity contribution is 0.0371. The summed E-state index contributed by atoms with van der Waals surface area (Å²) in [5, 5.41) is 10.6. The molecule has 0 unspecified atom stereocenters. The number of rotatable bonds is 3. The van der Waals surface area contributed by atoms with Crippen molar-refractivity contribution in [3.8, 4) is 0 Å². The number of nitrogens with two attached hydrogens (primary N) is 1. The number of carbonyl (C=O) groups excluding carboxylic acids is 1. The molecule has 6 heteroatoms. The lowest BCUT2D eigenvalue weighted by atomic mass is 10.1. The van der Waals surface area contributed by atoms with Crippen molar-refractivity contribution in [2.45, 2.75) is 26.4 Å². The van der Waals surface area contributed by atoms with Crippen LogP contribution in [-0.4, -0.2) is 40.1 Å². The largest absolute Gasteiger partial charge is 0.397 e. The third-order valence-corrected chi connectivity index (χ3v) is 4.00. The summed E-state index contributed by atoms with van der Waals surface area (Å²) >= 11 is 1.29. The van der Waals surface area contributed by atoms with E-state index in [0.717, 1.165) is 15.9 Å². The molecule has 0 atom stereocenters. The van der Waals surface area contributed by atoms with Crippen molar-refractivity contribution in [1.82, 2.24) is 9.88 Å². The lowest BCUT2D eigenvalue weighted by Crippen LogP contribution is -2.39. The Morgan fingerprint density at radius 1 is 1.50 bits per heavy atom. The number of anilines is 1. The number of aliphatic hydroxyl groups is 1. The van der Waals surface area contributed by atoms with Crippen LogP contribution >= 0.6 is 11.3 Å². The summed E-state index contributed by atoms with van der Waals surface area (Å²) in [4.78, 5) is 19.5. The molecule has 0 saturated heterocycles. The van der Waals surface area contributed by atoms with Gasteiger partial charge in [-0.2, -0.15) is 0 Å². The molecule has 5 nitrogen and oxygen atoms in total. The number of fused-ring (bicyclic) bond motifs is 1. The summed E-state index contributed by atoms with van der Waals surface area (Å²) in [6, 6.07) is 3.76. The van der Waals surface area contributed by atoms with Crippen molar-refractivity contribution in [2.75, 3.05) is 19.3 Å². The highest BCUT2D eigenvalue weighted by atomic mass is 32.1. The predicted octanol–water partition coefficient (Wildman–Crippen LogP) is 2.03. The summed E-state index contributed by atoms with van der Waals surface area (Å²) in [7, 11) is 1.66. The fourth-order valence-electron chi connectivity index (χ4n) is 2.07. The molecule has 0 aliphatic carbocycles. The molecule has 108 valence electrons. The van der Waals surface area contributed by atoms with Crippen molar-refractivity contribution in [3.05, 3.63) is 22.7 Å².